The predicted octanol–water partition coefficient (Wildman–Crippen LogP) is 5.71. The van der Waals surface area contributed by atoms with Gasteiger partial charge in [0.15, 0.2) is 0 Å². The van der Waals surface area contributed by atoms with Gasteiger partial charge in [-0.05, 0) is 42.2 Å². The summed E-state index contributed by atoms with van der Waals surface area (Å²) in [4.78, 5) is 10.8. The van der Waals surface area contributed by atoms with E-state index in [0.29, 0.717) is 6.42 Å². The molecule has 1 N–H and O–H groups in total. The van der Waals surface area contributed by atoms with Gasteiger partial charge in [0.2, 0.25) is 0 Å². The van der Waals surface area contributed by atoms with Crippen LogP contribution >= 0.6 is 11.6 Å². The molecule has 0 aromatic heterocycles. The second-order valence-corrected chi connectivity index (χ2v) is 9.73. The van der Waals surface area contributed by atoms with Crippen molar-refractivity contribution in [3.63, 3.8) is 0 Å². The summed E-state index contributed by atoms with van der Waals surface area (Å²) in [5, 5.41) is 10.6. The number of benzene rings is 1. The van der Waals surface area contributed by atoms with Gasteiger partial charge in [0, 0.05) is 12.3 Å². The molecule has 0 bridgehead atoms. The van der Waals surface area contributed by atoms with Crippen molar-refractivity contribution in [2.75, 3.05) is 7.11 Å². The molecule has 1 saturated carbocycles. The SMILES string of the molecule is COC(=O)CCCCCC[C@@]1(Cl)CC[C@@H](O)[C@@H]1c1ccc(C(C)(C)C)cc1. The van der Waals surface area contributed by atoms with Crippen LogP contribution in [0.5, 0.6) is 0 Å². The smallest absolute Gasteiger partial charge is 0.305 e. The molecule has 0 heterocycles. The van der Waals surface area contributed by atoms with Gasteiger partial charge in [0.05, 0.1) is 18.1 Å². The molecule has 3 nitrogen and oxygen atoms in total. The van der Waals surface area contributed by atoms with Crippen molar-refractivity contribution in [2.45, 2.75) is 94.4 Å². The zero-order valence-electron chi connectivity index (χ0n) is 17.3. The number of methoxy groups -OCH3 is 1. The van der Waals surface area contributed by atoms with E-state index in [1.54, 1.807) is 0 Å². The standard InChI is InChI=1S/C23H35ClO3/c1-22(2,3)18-12-10-17(11-13-18)21-19(25)14-16-23(21,24)15-8-6-5-7-9-20(26)27-4/h10-13,19,21,25H,5-9,14-16H2,1-4H3/t19-,21+,23-/m1/s1. The monoisotopic (exact) mass is 394 g/mol. The summed E-state index contributed by atoms with van der Waals surface area (Å²) in [5.74, 6) is -0.148. The van der Waals surface area contributed by atoms with Gasteiger partial charge in [-0.15, -0.1) is 11.6 Å². The molecule has 0 amide bonds. The summed E-state index contributed by atoms with van der Waals surface area (Å²) in [7, 11) is 1.43. The van der Waals surface area contributed by atoms with Crippen molar-refractivity contribution >= 4 is 17.6 Å². The lowest BCUT2D eigenvalue weighted by atomic mass is 9.81. The van der Waals surface area contributed by atoms with Crippen LogP contribution in [0.3, 0.4) is 0 Å². The number of rotatable bonds is 8. The number of carbonyl (C=O) groups excluding carboxylic acids is 1. The van der Waals surface area contributed by atoms with E-state index in [0.717, 1.165) is 50.5 Å². The fourth-order valence-corrected chi connectivity index (χ4v) is 4.70. The normalized spacial score (nSPS) is 25.6. The van der Waals surface area contributed by atoms with Crippen LogP contribution in [0.4, 0.5) is 0 Å². The van der Waals surface area contributed by atoms with Crippen LogP contribution in [-0.2, 0) is 14.9 Å². The van der Waals surface area contributed by atoms with Gasteiger partial charge in [-0.3, -0.25) is 4.79 Å². The van der Waals surface area contributed by atoms with Gasteiger partial charge in [-0.2, -0.15) is 0 Å². The molecule has 3 atom stereocenters. The van der Waals surface area contributed by atoms with E-state index in [-0.39, 0.29) is 28.3 Å². The fraction of sp³-hybridized carbons (Fsp3) is 0.696. The van der Waals surface area contributed by atoms with Crippen LogP contribution in [0.1, 0.15) is 89.2 Å². The number of esters is 1. The van der Waals surface area contributed by atoms with Crippen molar-refractivity contribution in [3.05, 3.63) is 35.4 Å². The first-order valence-corrected chi connectivity index (χ1v) is 10.6. The number of halogens is 1. The molecule has 1 fully saturated rings. The molecule has 0 aliphatic heterocycles. The predicted molar refractivity (Wildman–Crippen MR) is 111 cm³/mol. The zero-order valence-corrected chi connectivity index (χ0v) is 18.0. The number of hydrogen-bond acceptors (Lipinski definition) is 3. The molecule has 1 aliphatic carbocycles. The number of unbranched alkanes of at least 4 members (excludes halogenated alkanes) is 3. The summed E-state index contributed by atoms with van der Waals surface area (Å²) in [6.45, 7) is 6.62. The molecule has 27 heavy (non-hydrogen) atoms. The third-order valence-corrected chi connectivity index (χ3v) is 6.50. The number of carbonyl (C=O) groups is 1. The largest absolute Gasteiger partial charge is 0.469 e. The van der Waals surface area contributed by atoms with Crippen LogP contribution < -0.4 is 0 Å². The number of aliphatic hydroxyl groups is 1. The van der Waals surface area contributed by atoms with E-state index in [1.807, 2.05) is 0 Å². The lowest BCUT2D eigenvalue weighted by molar-refractivity contribution is -0.140. The molecule has 0 unspecified atom stereocenters. The van der Waals surface area contributed by atoms with Crippen LogP contribution in [-0.4, -0.2) is 29.2 Å². The first-order valence-electron chi connectivity index (χ1n) is 10.2. The molecule has 0 saturated heterocycles. The van der Waals surface area contributed by atoms with Crippen molar-refractivity contribution in [1.29, 1.82) is 0 Å². The van der Waals surface area contributed by atoms with Gasteiger partial charge in [0.25, 0.3) is 0 Å². The Morgan fingerprint density at radius 1 is 1.19 bits per heavy atom. The summed E-state index contributed by atoms with van der Waals surface area (Å²) < 4.78 is 4.67. The first kappa shape index (κ1) is 22.2. The van der Waals surface area contributed by atoms with Crippen molar-refractivity contribution in [3.8, 4) is 0 Å². The molecular formula is C23H35ClO3. The minimum Gasteiger partial charge on any atom is -0.469 e. The zero-order chi connectivity index (χ0) is 20.1. The highest BCUT2D eigenvalue weighted by Gasteiger charge is 2.46. The molecule has 4 heteroatoms. The van der Waals surface area contributed by atoms with Gasteiger partial charge < -0.3 is 9.84 Å². The van der Waals surface area contributed by atoms with E-state index in [4.69, 9.17) is 11.6 Å². The molecular weight excluding hydrogens is 360 g/mol. The Morgan fingerprint density at radius 3 is 2.41 bits per heavy atom. The van der Waals surface area contributed by atoms with Crippen molar-refractivity contribution < 1.29 is 14.6 Å². The van der Waals surface area contributed by atoms with Crippen LogP contribution in [0.25, 0.3) is 0 Å². The molecule has 152 valence electrons. The fourth-order valence-electron chi connectivity index (χ4n) is 4.19. The van der Waals surface area contributed by atoms with Crippen LogP contribution in [0.2, 0.25) is 0 Å². The molecule has 1 aromatic rings. The highest BCUT2D eigenvalue weighted by atomic mass is 35.5. The maximum Gasteiger partial charge on any atom is 0.305 e. The third-order valence-electron chi connectivity index (χ3n) is 5.88. The maximum absolute atomic E-state index is 11.2. The van der Waals surface area contributed by atoms with E-state index in [9.17, 15) is 9.90 Å². The first-order chi connectivity index (χ1) is 12.7. The van der Waals surface area contributed by atoms with Gasteiger partial charge >= 0.3 is 5.97 Å². The highest BCUT2D eigenvalue weighted by Crippen LogP contribution is 2.50. The highest BCUT2D eigenvalue weighted by molar-refractivity contribution is 6.24. The topological polar surface area (TPSA) is 46.5 Å². The number of alkyl halides is 1. The van der Waals surface area contributed by atoms with E-state index in [2.05, 4.69) is 49.8 Å². The Balaban J connectivity index is 1.94. The Morgan fingerprint density at radius 2 is 1.81 bits per heavy atom. The van der Waals surface area contributed by atoms with E-state index < -0.39 is 0 Å². The van der Waals surface area contributed by atoms with E-state index in [1.165, 1.54) is 12.7 Å². The van der Waals surface area contributed by atoms with Crippen LogP contribution in [0, 0.1) is 0 Å². The minimum atomic E-state index is -0.373. The lowest BCUT2D eigenvalue weighted by Gasteiger charge is -2.31. The molecule has 1 aliphatic rings. The Bertz CT molecular complexity index is 605. The number of ether oxygens (including phenoxy) is 1. The second kappa shape index (κ2) is 9.43. The average molecular weight is 395 g/mol. The van der Waals surface area contributed by atoms with Gasteiger partial charge in [-0.25, -0.2) is 0 Å². The Labute approximate surface area is 169 Å². The van der Waals surface area contributed by atoms with Crippen molar-refractivity contribution in [2.24, 2.45) is 0 Å². The quantitative estimate of drug-likeness (QED) is 0.348. The number of aliphatic hydroxyl groups excluding tert-OH is 1. The van der Waals surface area contributed by atoms with Crippen molar-refractivity contribution in [1.82, 2.24) is 0 Å². The third kappa shape index (κ3) is 5.96. The molecule has 1 aromatic carbocycles. The average Bonchev–Trinajstić information content (AvgIpc) is 2.92. The summed E-state index contributed by atoms with van der Waals surface area (Å²) >= 11 is 7.05. The van der Waals surface area contributed by atoms with Gasteiger partial charge in [-0.1, -0.05) is 64.3 Å². The molecule has 0 spiro atoms. The van der Waals surface area contributed by atoms with Gasteiger partial charge in [0.1, 0.15) is 0 Å². The molecule has 0 radical (unpaired) electrons. The Kier molecular flexibility index (Phi) is 7.76. The second-order valence-electron chi connectivity index (χ2n) is 8.98. The Hall–Kier alpha value is -1.06. The summed E-state index contributed by atoms with van der Waals surface area (Å²) in [6, 6.07) is 8.63. The number of hydrogen-bond donors (Lipinski definition) is 1. The molecule has 2 rings (SSSR count). The van der Waals surface area contributed by atoms with Crippen LogP contribution in [0.15, 0.2) is 24.3 Å². The lowest BCUT2D eigenvalue weighted by Crippen LogP contribution is -2.30. The minimum absolute atomic E-state index is 0.0109. The summed E-state index contributed by atoms with van der Waals surface area (Å²) in [6.07, 6.45) is 6.58. The van der Waals surface area contributed by atoms with E-state index >= 15 is 0 Å². The summed E-state index contributed by atoms with van der Waals surface area (Å²) in [5.41, 5.74) is 2.56. The maximum atomic E-state index is 11.2.